The Balaban J connectivity index is 2.44. The first kappa shape index (κ1) is 9.59. The molecule has 3 rings (SSSR count). The van der Waals surface area contributed by atoms with Gasteiger partial charge in [-0.05, 0) is 30.7 Å². The average Bonchev–Trinajstić information content (AvgIpc) is 2.50. The molecule has 0 aliphatic carbocycles. The first-order chi connectivity index (χ1) is 7.60. The van der Waals surface area contributed by atoms with Gasteiger partial charge in [0.1, 0.15) is 0 Å². The number of rotatable bonds is 0. The van der Waals surface area contributed by atoms with E-state index in [1.165, 1.54) is 27.7 Å². The molecule has 0 bridgehead atoms. The summed E-state index contributed by atoms with van der Waals surface area (Å²) in [4.78, 5) is 3.50. The zero-order valence-corrected chi connectivity index (χ0v) is 9.96. The summed E-state index contributed by atoms with van der Waals surface area (Å²) in [5.41, 5.74) is 4.15. The van der Waals surface area contributed by atoms with Gasteiger partial charge in [0.25, 0.3) is 0 Å². The summed E-state index contributed by atoms with van der Waals surface area (Å²) in [7, 11) is 0. The van der Waals surface area contributed by atoms with E-state index in [0.29, 0.717) is 0 Å². The Hall–Kier alpha value is -1.63. The molecule has 1 heteroatoms. The molecule has 0 fully saturated rings. The zero-order chi connectivity index (χ0) is 11.3. The first-order valence-corrected chi connectivity index (χ1v) is 5.74. The van der Waals surface area contributed by atoms with E-state index in [-0.39, 0.29) is 5.41 Å². The lowest BCUT2D eigenvalue weighted by molar-refractivity contribution is -0.351. The molecule has 2 aromatic carbocycles. The number of hydrogen-bond acceptors (Lipinski definition) is 0. The highest BCUT2D eigenvalue weighted by Crippen LogP contribution is 2.36. The van der Waals surface area contributed by atoms with Gasteiger partial charge in [0, 0.05) is 18.6 Å². The van der Waals surface area contributed by atoms with Gasteiger partial charge < -0.3 is 0 Å². The topological polar surface area (TPSA) is 14.0 Å². The predicted molar refractivity (Wildman–Crippen MR) is 68.3 cm³/mol. The van der Waals surface area contributed by atoms with Crippen molar-refractivity contribution < 1.29 is 4.99 Å². The number of benzene rings is 2. The third-order valence-electron chi connectivity index (χ3n) is 3.81. The van der Waals surface area contributed by atoms with Crippen molar-refractivity contribution in [3.8, 4) is 0 Å². The lowest BCUT2D eigenvalue weighted by atomic mass is 9.80. The van der Waals surface area contributed by atoms with Crippen molar-refractivity contribution in [1.29, 1.82) is 0 Å². The third-order valence-corrected chi connectivity index (χ3v) is 3.81. The molecule has 80 valence electrons. The van der Waals surface area contributed by atoms with Gasteiger partial charge >= 0.3 is 0 Å². The Morgan fingerprint density at radius 3 is 2.56 bits per heavy atom. The third kappa shape index (κ3) is 1.09. The first-order valence-electron chi connectivity index (χ1n) is 5.74. The van der Waals surface area contributed by atoms with Crippen LogP contribution in [-0.4, -0.2) is 5.71 Å². The van der Waals surface area contributed by atoms with E-state index in [1.54, 1.807) is 0 Å². The van der Waals surface area contributed by atoms with Crippen molar-refractivity contribution in [2.75, 3.05) is 0 Å². The Bertz CT molecular complexity index is 606. The molecular formula is C15H16N+. The lowest BCUT2D eigenvalue weighted by Gasteiger charge is -2.17. The fraction of sp³-hybridized carbons (Fsp3) is 0.267. The maximum absolute atomic E-state index is 3.50. The molecule has 0 unspecified atom stereocenters. The summed E-state index contributed by atoms with van der Waals surface area (Å²) in [5.74, 6) is 0. The van der Waals surface area contributed by atoms with Crippen molar-refractivity contribution in [3.63, 3.8) is 0 Å². The van der Waals surface area contributed by atoms with Crippen LogP contribution in [0.1, 0.15) is 26.3 Å². The molecule has 16 heavy (non-hydrogen) atoms. The molecule has 0 radical (unpaired) electrons. The van der Waals surface area contributed by atoms with Gasteiger partial charge in [-0.25, -0.2) is 4.99 Å². The second-order valence-electron chi connectivity index (χ2n) is 5.08. The fourth-order valence-corrected chi connectivity index (χ4v) is 2.59. The molecule has 1 nitrogen and oxygen atoms in total. The Labute approximate surface area is 95.8 Å². The molecule has 0 aromatic heterocycles. The molecule has 1 heterocycles. The van der Waals surface area contributed by atoms with E-state index in [9.17, 15) is 0 Å². The van der Waals surface area contributed by atoms with Crippen LogP contribution in [0.2, 0.25) is 0 Å². The number of fused-ring (bicyclic) bond motifs is 3. The average molecular weight is 210 g/mol. The van der Waals surface area contributed by atoms with Crippen LogP contribution in [-0.2, 0) is 5.41 Å². The van der Waals surface area contributed by atoms with Crippen LogP contribution in [0.25, 0.3) is 10.8 Å². The minimum atomic E-state index is 0.121. The Kier molecular flexibility index (Phi) is 1.76. The van der Waals surface area contributed by atoms with Gasteiger partial charge in [0.05, 0.1) is 5.41 Å². The number of hydrogen-bond donors (Lipinski definition) is 1. The molecule has 1 aliphatic rings. The zero-order valence-electron chi connectivity index (χ0n) is 9.96. The van der Waals surface area contributed by atoms with Gasteiger partial charge in [-0.2, -0.15) is 0 Å². The maximum Gasteiger partial charge on any atom is 0.208 e. The summed E-state index contributed by atoms with van der Waals surface area (Å²) in [6.45, 7) is 6.75. The van der Waals surface area contributed by atoms with E-state index in [1.807, 2.05) is 0 Å². The highest BCUT2D eigenvalue weighted by atomic mass is 14.8. The van der Waals surface area contributed by atoms with E-state index in [2.05, 4.69) is 62.2 Å². The highest BCUT2D eigenvalue weighted by molar-refractivity contribution is 6.00. The summed E-state index contributed by atoms with van der Waals surface area (Å²) < 4.78 is 0. The molecule has 2 aromatic rings. The van der Waals surface area contributed by atoms with Gasteiger partial charge in [0.15, 0.2) is 5.71 Å². The fourth-order valence-electron chi connectivity index (χ4n) is 2.59. The second-order valence-corrected chi connectivity index (χ2v) is 5.08. The largest absolute Gasteiger partial charge is 0.212 e. The second kappa shape index (κ2) is 2.94. The predicted octanol–water partition coefficient (Wildman–Crippen LogP) is 2.30. The van der Waals surface area contributed by atoms with Crippen molar-refractivity contribution in [3.05, 3.63) is 42.0 Å². The SMILES string of the molecule is CC1=[NH+]c2ccc3ccccc3c2C1(C)C. The Morgan fingerprint density at radius 2 is 1.75 bits per heavy atom. The van der Waals surface area contributed by atoms with Crippen LogP contribution < -0.4 is 4.99 Å². The summed E-state index contributed by atoms with van der Waals surface area (Å²) >= 11 is 0. The Morgan fingerprint density at radius 1 is 1.00 bits per heavy atom. The lowest BCUT2D eigenvalue weighted by Crippen LogP contribution is -2.64. The van der Waals surface area contributed by atoms with E-state index in [4.69, 9.17) is 0 Å². The van der Waals surface area contributed by atoms with E-state index in [0.717, 1.165) is 0 Å². The van der Waals surface area contributed by atoms with Crippen LogP contribution in [0.5, 0.6) is 0 Å². The molecule has 0 spiro atoms. The van der Waals surface area contributed by atoms with E-state index >= 15 is 0 Å². The minimum Gasteiger partial charge on any atom is -0.212 e. The normalized spacial score (nSPS) is 17.3. The summed E-state index contributed by atoms with van der Waals surface area (Å²) in [6, 6.07) is 13.0. The molecule has 1 N–H and O–H groups in total. The minimum absolute atomic E-state index is 0.121. The van der Waals surface area contributed by atoms with Crippen LogP contribution >= 0.6 is 0 Å². The highest BCUT2D eigenvalue weighted by Gasteiger charge is 2.39. The van der Waals surface area contributed by atoms with Gasteiger partial charge in [-0.3, -0.25) is 0 Å². The quantitative estimate of drug-likeness (QED) is 0.686. The van der Waals surface area contributed by atoms with Crippen LogP contribution in [0.4, 0.5) is 5.69 Å². The van der Waals surface area contributed by atoms with Gasteiger partial charge in [0.2, 0.25) is 5.69 Å². The smallest absolute Gasteiger partial charge is 0.208 e. The maximum atomic E-state index is 3.50. The molecule has 1 aliphatic heterocycles. The van der Waals surface area contributed by atoms with E-state index < -0.39 is 0 Å². The monoisotopic (exact) mass is 210 g/mol. The molecule has 0 atom stereocenters. The molecule has 0 saturated heterocycles. The van der Waals surface area contributed by atoms with Crippen LogP contribution in [0.3, 0.4) is 0 Å². The van der Waals surface area contributed by atoms with Crippen molar-refractivity contribution in [2.45, 2.75) is 26.2 Å². The standard InChI is InChI=1S/C15H15N/c1-10-15(2,3)14-12-7-5-4-6-11(12)8-9-13(14)16-10/h4-9H,1-3H3/p+1. The van der Waals surface area contributed by atoms with Gasteiger partial charge in [-0.15, -0.1) is 0 Å². The van der Waals surface area contributed by atoms with Crippen molar-refractivity contribution in [1.82, 2.24) is 0 Å². The number of nitrogens with one attached hydrogen (secondary N) is 1. The molecule has 0 saturated carbocycles. The molecular weight excluding hydrogens is 194 g/mol. The van der Waals surface area contributed by atoms with Crippen molar-refractivity contribution >= 4 is 22.2 Å². The molecule has 0 amide bonds. The summed E-state index contributed by atoms with van der Waals surface area (Å²) in [5, 5.41) is 2.69. The van der Waals surface area contributed by atoms with Crippen LogP contribution in [0.15, 0.2) is 36.4 Å². The van der Waals surface area contributed by atoms with Gasteiger partial charge in [-0.1, -0.05) is 24.3 Å². The van der Waals surface area contributed by atoms with Crippen molar-refractivity contribution in [2.24, 2.45) is 0 Å². The summed E-state index contributed by atoms with van der Waals surface area (Å²) in [6.07, 6.45) is 0. The van der Waals surface area contributed by atoms with Crippen LogP contribution in [0, 0.1) is 0 Å².